The summed E-state index contributed by atoms with van der Waals surface area (Å²) in [5.74, 6) is -0.388. The van der Waals surface area contributed by atoms with Crippen LogP contribution < -0.4 is 9.80 Å². The molecule has 0 radical (unpaired) electrons. The van der Waals surface area contributed by atoms with Crippen molar-refractivity contribution in [2.75, 3.05) is 32.6 Å². The highest BCUT2D eigenvalue weighted by molar-refractivity contribution is 6.03. The molecule has 0 aliphatic rings. The number of aryl methyl sites for hydroxylation is 1. The van der Waals surface area contributed by atoms with Crippen LogP contribution in [0.5, 0.6) is 0 Å². The molecule has 0 saturated heterocycles. The minimum atomic E-state index is -0.387. The van der Waals surface area contributed by atoms with Crippen molar-refractivity contribution in [3.63, 3.8) is 0 Å². The summed E-state index contributed by atoms with van der Waals surface area (Å²) in [5, 5.41) is 0. The number of esters is 1. The first kappa shape index (κ1) is 21.7. The van der Waals surface area contributed by atoms with Gasteiger partial charge in [0.05, 0.1) is 24.9 Å². The van der Waals surface area contributed by atoms with Crippen LogP contribution in [0.25, 0.3) is 0 Å². The van der Waals surface area contributed by atoms with Crippen molar-refractivity contribution in [2.45, 2.75) is 40.3 Å². The molecule has 28 heavy (non-hydrogen) atoms. The summed E-state index contributed by atoms with van der Waals surface area (Å²) in [7, 11) is 6.04. The Balaban J connectivity index is 2.15. The van der Waals surface area contributed by atoms with E-state index < -0.39 is 0 Å². The predicted molar refractivity (Wildman–Crippen MR) is 111 cm³/mol. The SMILES string of the molecule is CCOC(=O)c1c(C)[nH]c(C(=O)[C@H](C)[NH+](C)Cc2ccc(N(C)C)cc2)c1C. The highest BCUT2D eigenvalue weighted by Gasteiger charge is 2.29. The van der Waals surface area contributed by atoms with Gasteiger partial charge in [-0.05, 0) is 45.4 Å². The molecule has 6 heteroatoms. The average molecular weight is 387 g/mol. The maximum absolute atomic E-state index is 13.1. The number of hydrogen-bond acceptors (Lipinski definition) is 4. The second-order valence-electron chi connectivity index (χ2n) is 7.52. The standard InChI is InChI=1S/C22H31N3O3/c1-8-28-22(27)19-14(2)20(23-15(19)3)21(26)16(4)25(7)13-17-9-11-18(12-10-17)24(5)6/h9-12,16,23H,8,13H2,1-7H3/p+1/t16-/m0/s1. The van der Waals surface area contributed by atoms with Crippen molar-refractivity contribution in [1.29, 1.82) is 0 Å². The molecule has 2 atom stereocenters. The maximum Gasteiger partial charge on any atom is 0.340 e. The average Bonchev–Trinajstić information content (AvgIpc) is 2.95. The fraction of sp³-hybridized carbons (Fsp3) is 0.455. The summed E-state index contributed by atoms with van der Waals surface area (Å²) in [4.78, 5) is 31.5. The molecule has 1 aromatic carbocycles. The van der Waals surface area contributed by atoms with Crippen LogP contribution in [0.2, 0.25) is 0 Å². The zero-order chi connectivity index (χ0) is 21.0. The fourth-order valence-corrected chi connectivity index (χ4v) is 3.33. The highest BCUT2D eigenvalue weighted by Crippen LogP contribution is 2.20. The van der Waals surface area contributed by atoms with Crippen LogP contribution in [0, 0.1) is 13.8 Å². The van der Waals surface area contributed by atoms with Crippen molar-refractivity contribution in [2.24, 2.45) is 0 Å². The van der Waals surface area contributed by atoms with Gasteiger partial charge in [-0.2, -0.15) is 0 Å². The number of carbonyl (C=O) groups is 2. The number of rotatable bonds is 8. The molecule has 1 aromatic heterocycles. The van der Waals surface area contributed by atoms with Crippen LogP contribution >= 0.6 is 0 Å². The first-order valence-corrected chi connectivity index (χ1v) is 9.66. The molecule has 6 nitrogen and oxygen atoms in total. The molecule has 0 aliphatic carbocycles. The van der Waals surface area contributed by atoms with Gasteiger partial charge in [0, 0.05) is 31.0 Å². The van der Waals surface area contributed by atoms with E-state index in [1.54, 1.807) is 20.8 Å². The number of H-pyrrole nitrogens is 1. The number of carbonyl (C=O) groups excluding carboxylic acids is 2. The number of ether oxygens (including phenoxy) is 1. The van der Waals surface area contributed by atoms with Crippen LogP contribution in [-0.4, -0.2) is 50.5 Å². The molecule has 1 heterocycles. The van der Waals surface area contributed by atoms with Gasteiger partial charge in [0.25, 0.3) is 0 Å². The van der Waals surface area contributed by atoms with E-state index in [1.807, 2.05) is 28.1 Å². The van der Waals surface area contributed by atoms with E-state index in [-0.39, 0.29) is 17.8 Å². The summed E-state index contributed by atoms with van der Waals surface area (Å²) >= 11 is 0. The van der Waals surface area contributed by atoms with Crippen LogP contribution in [-0.2, 0) is 11.3 Å². The molecule has 0 aliphatic heterocycles. The third-order valence-corrected chi connectivity index (χ3v) is 5.23. The van der Waals surface area contributed by atoms with Gasteiger partial charge in [-0.1, -0.05) is 12.1 Å². The van der Waals surface area contributed by atoms with Gasteiger partial charge in [0.2, 0.25) is 5.78 Å². The van der Waals surface area contributed by atoms with Crippen LogP contribution in [0.1, 0.15) is 51.5 Å². The van der Waals surface area contributed by atoms with E-state index in [0.717, 1.165) is 17.1 Å². The van der Waals surface area contributed by atoms with E-state index in [2.05, 4.69) is 34.1 Å². The molecule has 0 amide bonds. The number of ketones is 1. The topological polar surface area (TPSA) is 66.8 Å². The van der Waals surface area contributed by atoms with Crippen molar-refractivity contribution in [3.05, 3.63) is 52.3 Å². The molecule has 152 valence electrons. The summed E-state index contributed by atoms with van der Waals surface area (Å²) < 4.78 is 5.12. The number of Topliss-reactive ketones (excluding diaryl/α,β-unsaturated/α-hetero) is 1. The van der Waals surface area contributed by atoms with Gasteiger partial charge in [-0.3, -0.25) is 4.79 Å². The summed E-state index contributed by atoms with van der Waals surface area (Å²) in [5.41, 5.74) is 4.62. The number of nitrogens with zero attached hydrogens (tertiary/aromatic N) is 1. The lowest BCUT2D eigenvalue weighted by Crippen LogP contribution is -3.12. The van der Waals surface area contributed by atoms with E-state index in [1.165, 1.54) is 5.56 Å². The van der Waals surface area contributed by atoms with Crippen LogP contribution in [0.3, 0.4) is 0 Å². The van der Waals surface area contributed by atoms with Gasteiger partial charge in [-0.15, -0.1) is 0 Å². The zero-order valence-electron chi connectivity index (χ0n) is 18.0. The van der Waals surface area contributed by atoms with Gasteiger partial charge >= 0.3 is 5.97 Å². The molecular weight excluding hydrogens is 354 g/mol. The van der Waals surface area contributed by atoms with Crippen LogP contribution in [0.15, 0.2) is 24.3 Å². The van der Waals surface area contributed by atoms with E-state index >= 15 is 0 Å². The Labute approximate surface area is 167 Å². The molecule has 0 spiro atoms. The number of aromatic nitrogens is 1. The molecule has 1 unspecified atom stereocenters. The number of benzene rings is 1. The Bertz CT molecular complexity index is 837. The molecular formula is C22H32N3O3+. The third-order valence-electron chi connectivity index (χ3n) is 5.23. The van der Waals surface area contributed by atoms with E-state index in [4.69, 9.17) is 4.74 Å². The quantitative estimate of drug-likeness (QED) is 0.539. The molecule has 0 fully saturated rings. The highest BCUT2D eigenvalue weighted by atomic mass is 16.5. The lowest BCUT2D eigenvalue weighted by molar-refractivity contribution is -0.907. The number of hydrogen-bond donors (Lipinski definition) is 2. The molecule has 0 saturated carbocycles. The van der Waals surface area contributed by atoms with E-state index in [9.17, 15) is 9.59 Å². The Morgan fingerprint density at radius 3 is 2.32 bits per heavy atom. The second-order valence-corrected chi connectivity index (χ2v) is 7.52. The molecule has 2 aromatic rings. The first-order chi connectivity index (χ1) is 13.2. The van der Waals surface area contributed by atoms with Crippen molar-refractivity contribution in [3.8, 4) is 0 Å². The molecule has 0 bridgehead atoms. The van der Waals surface area contributed by atoms with Gasteiger partial charge < -0.3 is 19.5 Å². The number of quaternary nitrogens is 1. The largest absolute Gasteiger partial charge is 0.462 e. The third kappa shape index (κ3) is 4.62. The second kappa shape index (κ2) is 9.06. The molecule has 2 rings (SSSR count). The minimum absolute atomic E-state index is 0.00133. The number of anilines is 1. The van der Waals surface area contributed by atoms with E-state index in [0.29, 0.717) is 29.1 Å². The lowest BCUT2D eigenvalue weighted by Gasteiger charge is -2.21. The normalized spacial score (nSPS) is 13.1. The zero-order valence-corrected chi connectivity index (χ0v) is 18.0. The predicted octanol–water partition coefficient (Wildman–Crippen LogP) is 2.16. The fourth-order valence-electron chi connectivity index (χ4n) is 3.33. The first-order valence-electron chi connectivity index (χ1n) is 9.66. The van der Waals surface area contributed by atoms with Gasteiger partial charge in [-0.25, -0.2) is 4.79 Å². The molecule has 2 N–H and O–H groups in total. The van der Waals surface area contributed by atoms with Gasteiger partial charge in [0.15, 0.2) is 6.04 Å². The Hall–Kier alpha value is -2.60. The van der Waals surface area contributed by atoms with Crippen molar-refractivity contribution < 1.29 is 19.2 Å². The lowest BCUT2D eigenvalue weighted by atomic mass is 10.0. The van der Waals surface area contributed by atoms with Crippen LogP contribution in [0.4, 0.5) is 5.69 Å². The Morgan fingerprint density at radius 1 is 1.18 bits per heavy atom. The summed E-state index contributed by atoms with van der Waals surface area (Å²) in [6.07, 6.45) is 0. The summed E-state index contributed by atoms with van der Waals surface area (Å²) in [6, 6.07) is 8.11. The monoisotopic (exact) mass is 386 g/mol. The van der Waals surface area contributed by atoms with Gasteiger partial charge in [0.1, 0.15) is 6.54 Å². The maximum atomic E-state index is 13.1. The number of likely N-dealkylation sites (N-methyl/N-ethyl adjacent to an activating group) is 1. The Kier molecular flexibility index (Phi) is 7.02. The van der Waals surface area contributed by atoms with Crippen molar-refractivity contribution in [1.82, 2.24) is 4.98 Å². The number of nitrogens with one attached hydrogen (secondary N) is 2. The smallest absolute Gasteiger partial charge is 0.340 e. The minimum Gasteiger partial charge on any atom is -0.462 e. The Morgan fingerprint density at radius 2 is 1.79 bits per heavy atom. The van der Waals surface area contributed by atoms with Crippen molar-refractivity contribution >= 4 is 17.4 Å². The number of aromatic amines is 1. The summed E-state index contributed by atoms with van der Waals surface area (Å²) in [6.45, 7) is 8.33.